The van der Waals surface area contributed by atoms with Crippen LogP contribution in [0.15, 0.2) is 42.5 Å². The second-order valence-electron chi connectivity index (χ2n) is 5.71. The number of hydrogen-bond acceptors (Lipinski definition) is 4. The number of methoxy groups -OCH3 is 2. The second-order valence-corrected chi connectivity index (χ2v) is 5.71. The van der Waals surface area contributed by atoms with Crippen molar-refractivity contribution in [3.8, 4) is 11.5 Å². The Morgan fingerprint density at radius 3 is 2.52 bits per heavy atom. The molecule has 0 unspecified atom stereocenters. The van der Waals surface area contributed by atoms with Crippen molar-refractivity contribution < 1.29 is 19.4 Å². The Morgan fingerprint density at radius 1 is 1.04 bits per heavy atom. The number of nitrogens with one attached hydrogen (secondary N) is 1. The Bertz CT molecular complexity index is 700. The third-order valence-electron chi connectivity index (χ3n) is 4.00. The van der Waals surface area contributed by atoms with Gasteiger partial charge in [0.1, 0.15) is 11.5 Å². The van der Waals surface area contributed by atoms with Crippen molar-refractivity contribution in [1.29, 1.82) is 0 Å². The van der Waals surface area contributed by atoms with E-state index in [-0.39, 0.29) is 12.5 Å². The lowest BCUT2D eigenvalue weighted by Crippen LogP contribution is -2.26. The number of ether oxygens (including phenoxy) is 2. The van der Waals surface area contributed by atoms with Crippen LogP contribution in [0.4, 0.5) is 0 Å². The molecule has 2 aromatic carbocycles. The summed E-state index contributed by atoms with van der Waals surface area (Å²) in [5.74, 6) is 1.32. The molecule has 0 saturated heterocycles. The molecule has 1 amide bonds. The number of amides is 1. The van der Waals surface area contributed by atoms with Gasteiger partial charge in [-0.15, -0.1) is 0 Å². The molecule has 2 N–H and O–H groups in total. The van der Waals surface area contributed by atoms with E-state index >= 15 is 0 Å². The molecule has 134 valence electrons. The standard InChI is InChI=1S/C20H25NO4/c1-24-17-7-3-5-15(13-17)10-11-21-20(23)19-14-18(25-2)9-8-16(19)6-4-12-22/h3,5,7-9,13-14,22H,4,6,10-12H2,1-2H3,(H,21,23). The molecule has 0 radical (unpaired) electrons. The van der Waals surface area contributed by atoms with Gasteiger partial charge in [-0.2, -0.15) is 0 Å². The lowest BCUT2D eigenvalue weighted by molar-refractivity contribution is 0.0952. The van der Waals surface area contributed by atoms with Gasteiger partial charge in [0, 0.05) is 18.7 Å². The molecular formula is C20H25NO4. The summed E-state index contributed by atoms with van der Waals surface area (Å²) in [6.45, 7) is 0.631. The van der Waals surface area contributed by atoms with Crippen molar-refractivity contribution in [2.24, 2.45) is 0 Å². The van der Waals surface area contributed by atoms with Crippen LogP contribution in [0.5, 0.6) is 11.5 Å². The van der Waals surface area contributed by atoms with E-state index in [9.17, 15) is 4.79 Å². The molecule has 25 heavy (non-hydrogen) atoms. The maximum atomic E-state index is 12.6. The van der Waals surface area contributed by atoms with Gasteiger partial charge < -0.3 is 19.9 Å². The summed E-state index contributed by atoms with van der Waals surface area (Å²) in [5, 5.41) is 12.0. The van der Waals surface area contributed by atoms with Crippen LogP contribution < -0.4 is 14.8 Å². The molecule has 0 spiro atoms. The van der Waals surface area contributed by atoms with Crippen LogP contribution in [0.1, 0.15) is 27.9 Å². The zero-order chi connectivity index (χ0) is 18.1. The SMILES string of the molecule is COc1cccc(CCNC(=O)c2cc(OC)ccc2CCCO)c1. The van der Waals surface area contributed by atoms with Crippen LogP contribution in [-0.2, 0) is 12.8 Å². The summed E-state index contributed by atoms with van der Waals surface area (Å²) in [5.41, 5.74) is 2.61. The fourth-order valence-corrected chi connectivity index (χ4v) is 2.62. The molecular weight excluding hydrogens is 318 g/mol. The smallest absolute Gasteiger partial charge is 0.251 e. The largest absolute Gasteiger partial charge is 0.497 e. The maximum absolute atomic E-state index is 12.6. The van der Waals surface area contributed by atoms with E-state index in [1.165, 1.54) is 0 Å². The van der Waals surface area contributed by atoms with Gasteiger partial charge in [0.25, 0.3) is 5.91 Å². The minimum absolute atomic E-state index is 0.100. The predicted octanol–water partition coefficient (Wildman–Crippen LogP) is 2.60. The van der Waals surface area contributed by atoms with E-state index in [1.807, 2.05) is 36.4 Å². The molecule has 0 bridgehead atoms. The number of rotatable bonds is 9. The Hall–Kier alpha value is -2.53. The van der Waals surface area contributed by atoms with Gasteiger partial charge in [0.2, 0.25) is 0 Å². The fourth-order valence-electron chi connectivity index (χ4n) is 2.62. The van der Waals surface area contributed by atoms with E-state index in [1.54, 1.807) is 20.3 Å². The third kappa shape index (κ3) is 5.50. The van der Waals surface area contributed by atoms with Crippen molar-refractivity contribution in [2.75, 3.05) is 27.4 Å². The monoisotopic (exact) mass is 343 g/mol. The van der Waals surface area contributed by atoms with Crippen LogP contribution in [0.2, 0.25) is 0 Å². The van der Waals surface area contributed by atoms with E-state index in [0.717, 1.165) is 23.3 Å². The molecule has 2 aromatic rings. The first-order valence-electron chi connectivity index (χ1n) is 8.37. The quantitative estimate of drug-likeness (QED) is 0.734. The molecule has 0 atom stereocenters. The van der Waals surface area contributed by atoms with Gasteiger partial charge in [-0.25, -0.2) is 0 Å². The Balaban J connectivity index is 2.01. The number of aliphatic hydroxyl groups excluding tert-OH is 1. The van der Waals surface area contributed by atoms with E-state index in [4.69, 9.17) is 14.6 Å². The average molecular weight is 343 g/mol. The van der Waals surface area contributed by atoms with Crippen LogP contribution in [-0.4, -0.2) is 38.4 Å². The summed E-state index contributed by atoms with van der Waals surface area (Å²) in [4.78, 5) is 12.6. The number of hydrogen-bond donors (Lipinski definition) is 2. The lowest BCUT2D eigenvalue weighted by Gasteiger charge is -2.12. The summed E-state index contributed by atoms with van der Waals surface area (Å²) in [6, 6.07) is 13.3. The van der Waals surface area contributed by atoms with Gasteiger partial charge in [0.05, 0.1) is 14.2 Å². The van der Waals surface area contributed by atoms with Gasteiger partial charge in [-0.1, -0.05) is 18.2 Å². The summed E-state index contributed by atoms with van der Waals surface area (Å²) in [7, 11) is 3.21. The first-order valence-corrected chi connectivity index (χ1v) is 8.37. The highest BCUT2D eigenvalue weighted by molar-refractivity contribution is 5.96. The summed E-state index contributed by atoms with van der Waals surface area (Å²) in [6.07, 6.45) is 1.99. The molecule has 0 fully saturated rings. The fraction of sp³-hybridized carbons (Fsp3) is 0.350. The average Bonchev–Trinajstić information content (AvgIpc) is 2.66. The molecule has 0 aromatic heterocycles. The zero-order valence-electron chi connectivity index (χ0n) is 14.7. The highest BCUT2D eigenvalue weighted by Crippen LogP contribution is 2.19. The normalized spacial score (nSPS) is 10.4. The number of carbonyl (C=O) groups is 1. The first kappa shape index (κ1) is 18.8. The van der Waals surface area contributed by atoms with Gasteiger partial charge in [-0.05, 0) is 54.7 Å². The van der Waals surface area contributed by atoms with E-state index in [0.29, 0.717) is 30.7 Å². The zero-order valence-corrected chi connectivity index (χ0v) is 14.7. The summed E-state index contributed by atoms with van der Waals surface area (Å²) < 4.78 is 10.4. The topological polar surface area (TPSA) is 67.8 Å². The van der Waals surface area contributed by atoms with Crippen molar-refractivity contribution in [3.05, 3.63) is 59.2 Å². The van der Waals surface area contributed by atoms with Crippen LogP contribution in [0.25, 0.3) is 0 Å². The molecule has 0 heterocycles. The van der Waals surface area contributed by atoms with Crippen molar-refractivity contribution in [1.82, 2.24) is 5.32 Å². The first-order chi connectivity index (χ1) is 12.2. The van der Waals surface area contributed by atoms with Crippen molar-refractivity contribution in [3.63, 3.8) is 0 Å². The highest BCUT2D eigenvalue weighted by atomic mass is 16.5. The van der Waals surface area contributed by atoms with Crippen LogP contribution >= 0.6 is 0 Å². The molecule has 0 aliphatic rings. The Morgan fingerprint density at radius 2 is 1.80 bits per heavy atom. The predicted molar refractivity (Wildman–Crippen MR) is 97.4 cm³/mol. The Kier molecular flexibility index (Phi) is 7.29. The molecule has 0 aliphatic carbocycles. The molecule has 0 aliphatic heterocycles. The number of aryl methyl sites for hydroxylation is 1. The molecule has 0 saturated carbocycles. The van der Waals surface area contributed by atoms with Gasteiger partial charge in [-0.3, -0.25) is 4.79 Å². The van der Waals surface area contributed by atoms with E-state index < -0.39 is 0 Å². The Labute approximate surface area is 148 Å². The third-order valence-corrected chi connectivity index (χ3v) is 4.00. The molecule has 2 rings (SSSR count). The van der Waals surface area contributed by atoms with E-state index in [2.05, 4.69) is 5.32 Å². The number of benzene rings is 2. The van der Waals surface area contributed by atoms with Crippen LogP contribution in [0, 0.1) is 0 Å². The lowest BCUT2D eigenvalue weighted by atomic mass is 10.0. The minimum atomic E-state index is -0.130. The van der Waals surface area contributed by atoms with Gasteiger partial charge in [0.15, 0.2) is 0 Å². The minimum Gasteiger partial charge on any atom is -0.497 e. The van der Waals surface area contributed by atoms with Crippen molar-refractivity contribution in [2.45, 2.75) is 19.3 Å². The molecule has 5 nitrogen and oxygen atoms in total. The highest BCUT2D eigenvalue weighted by Gasteiger charge is 2.12. The molecule has 5 heteroatoms. The second kappa shape index (κ2) is 9.69. The maximum Gasteiger partial charge on any atom is 0.251 e. The van der Waals surface area contributed by atoms with Crippen LogP contribution in [0.3, 0.4) is 0 Å². The van der Waals surface area contributed by atoms with Crippen molar-refractivity contribution >= 4 is 5.91 Å². The number of aliphatic hydroxyl groups is 1. The number of carbonyl (C=O) groups excluding carboxylic acids is 1. The summed E-state index contributed by atoms with van der Waals surface area (Å²) >= 11 is 0. The van der Waals surface area contributed by atoms with Gasteiger partial charge >= 0.3 is 0 Å².